The Labute approximate surface area is 114 Å². The first-order valence-corrected chi connectivity index (χ1v) is 7.75. The zero-order valence-electron chi connectivity index (χ0n) is 11.8. The van der Waals surface area contributed by atoms with Gasteiger partial charge in [-0.05, 0) is 27.0 Å². The highest BCUT2D eigenvalue weighted by atomic mass is 32.2. The lowest BCUT2D eigenvalue weighted by molar-refractivity contribution is 0.203. The van der Waals surface area contributed by atoms with Crippen LogP contribution in [0.4, 0.5) is 0 Å². The van der Waals surface area contributed by atoms with Crippen molar-refractivity contribution in [1.82, 2.24) is 10.2 Å². The van der Waals surface area contributed by atoms with Crippen molar-refractivity contribution in [3.8, 4) is 0 Å². The zero-order chi connectivity index (χ0) is 13.1. The van der Waals surface area contributed by atoms with Crippen LogP contribution in [0.1, 0.15) is 30.9 Å². The third-order valence-electron chi connectivity index (χ3n) is 3.81. The van der Waals surface area contributed by atoms with Crippen molar-refractivity contribution >= 4 is 11.8 Å². The normalized spacial score (nSPS) is 25.6. The highest BCUT2D eigenvalue weighted by Gasteiger charge is 2.25. The van der Waals surface area contributed by atoms with Crippen LogP contribution in [-0.2, 0) is 13.1 Å². The van der Waals surface area contributed by atoms with Crippen LogP contribution in [0.25, 0.3) is 0 Å². The summed E-state index contributed by atoms with van der Waals surface area (Å²) in [5, 5.41) is 3.86. The molecule has 1 N–H and O–H groups in total. The first-order chi connectivity index (χ1) is 8.61. The van der Waals surface area contributed by atoms with E-state index in [1.54, 1.807) is 0 Å². The van der Waals surface area contributed by atoms with Crippen LogP contribution in [0.15, 0.2) is 10.5 Å². The van der Waals surface area contributed by atoms with E-state index in [9.17, 15) is 0 Å². The average molecular weight is 268 g/mol. The molecule has 3 nitrogen and oxygen atoms in total. The molecule has 1 aliphatic rings. The van der Waals surface area contributed by atoms with Crippen LogP contribution in [-0.4, -0.2) is 35.5 Å². The molecule has 2 atom stereocenters. The maximum Gasteiger partial charge on any atom is 0.118 e. The topological polar surface area (TPSA) is 28.4 Å². The largest absolute Gasteiger partial charge is 0.465 e. The molecule has 1 aromatic heterocycles. The quantitative estimate of drug-likeness (QED) is 0.909. The molecule has 18 heavy (non-hydrogen) atoms. The molecular weight excluding hydrogens is 244 g/mol. The summed E-state index contributed by atoms with van der Waals surface area (Å²) < 4.78 is 5.76. The Bertz CT molecular complexity index is 391. The monoisotopic (exact) mass is 268 g/mol. The van der Waals surface area contributed by atoms with Gasteiger partial charge >= 0.3 is 0 Å². The first-order valence-electron chi connectivity index (χ1n) is 6.70. The fraction of sp³-hybridized carbons (Fsp3) is 0.714. The Morgan fingerprint density at radius 1 is 1.50 bits per heavy atom. The molecule has 0 amide bonds. The Morgan fingerprint density at radius 3 is 3.00 bits per heavy atom. The van der Waals surface area contributed by atoms with Gasteiger partial charge in [-0.2, -0.15) is 11.8 Å². The lowest BCUT2D eigenvalue weighted by Gasteiger charge is -2.37. The number of hydrogen-bond donors (Lipinski definition) is 1. The third kappa shape index (κ3) is 3.11. The van der Waals surface area contributed by atoms with Crippen molar-refractivity contribution in [3.05, 3.63) is 23.2 Å². The molecule has 1 saturated heterocycles. The van der Waals surface area contributed by atoms with Crippen LogP contribution < -0.4 is 5.32 Å². The van der Waals surface area contributed by atoms with E-state index in [2.05, 4.69) is 48.8 Å². The van der Waals surface area contributed by atoms with Gasteiger partial charge in [-0.3, -0.25) is 4.90 Å². The predicted octanol–water partition coefficient (Wildman–Crippen LogP) is 2.63. The highest BCUT2D eigenvalue weighted by Crippen LogP contribution is 2.27. The van der Waals surface area contributed by atoms with Crippen molar-refractivity contribution in [1.29, 1.82) is 0 Å². The molecule has 1 aliphatic heterocycles. The van der Waals surface area contributed by atoms with E-state index in [0.29, 0.717) is 6.04 Å². The van der Waals surface area contributed by atoms with Crippen molar-refractivity contribution in [2.24, 2.45) is 0 Å². The van der Waals surface area contributed by atoms with E-state index in [-0.39, 0.29) is 0 Å². The maximum atomic E-state index is 5.76. The number of hydrogen-bond acceptors (Lipinski definition) is 4. The van der Waals surface area contributed by atoms with Gasteiger partial charge in [0.25, 0.3) is 0 Å². The molecular formula is C14H24N2OS. The molecule has 0 aliphatic carbocycles. The van der Waals surface area contributed by atoms with Gasteiger partial charge in [0.05, 0.1) is 6.54 Å². The van der Waals surface area contributed by atoms with E-state index in [4.69, 9.17) is 4.42 Å². The SMILES string of the molecule is CNCc1cc(CN2CCSC(C)C2C)c(C)o1. The first kappa shape index (κ1) is 14.0. The lowest BCUT2D eigenvalue weighted by Crippen LogP contribution is -2.43. The Balaban J connectivity index is 2.04. The fourth-order valence-corrected chi connectivity index (χ4v) is 3.61. The minimum Gasteiger partial charge on any atom is -0.465 e. The van der Waals surface area contributed by atoms with Gasteiger partial charge in [0.1, 0.15) is 11.5 Å². The lowest BCUT2D eigenvalue weighted by atomic mass is 10.1. The molecule has 2 heterocycles. The molecule has 1 fully saturated rings. The molecule has 0 saturated carbocycles. The number of nitrogens with zero attached hydrogens (tertiary/aromatic N) is 1. The summed E-state index contributed by atoms with van der Waals surface area (Å²) in [7, 11) is 1.95. The summed E-state index contributed by atoms with van der Waals surface area (Å²) in [6.45, 7) is 9.74. The third-order valence-corrected chi connectivity index (χ3v) is 5.15. The molecule has 0 spiro atoms. The minimum atomic E-state index is 0.644. The van der Waals surface area contributed by atoms with Gasteiger partial charge in [-0.25, -0.2) is 0 Å². The van der Waals surface area contributed by atoms with Gasteiger partial charge in [-0.15, -0.1) is 0 Å². The summed E-state index contributed by atoms with van der Waals surface area (Å²) in [4.78, 5) is 2.57. The Hall–Kier alpha value is -0.450. The van der Waals surface area contributed by atoms with Crippen molar-refractivity contribution in [2.75, 3.05) is 19.3 Å². The number of nitrogens with one attached hydrogen (secondary N) is 1. The van der Waals surface area contributed by atoms with Crippen LogP contribution in [0.3, 0.4) is 0 Å². The second-order valence-electron chi connectivity index (χ2n) is 5.11. The van der Waals surface area contributed by atoms with Crippen LogP contribution in [0, 0.1) is 6.92 Å². The summed E-state index contributed by atoms with van der Waals surface area (Å²) in [5.41, 5.74) is 1.34. The average Bonchev–Trinajstić information content (AvgIpc) is 2.66. The highest BCUT2D eigenvalue weighted by molar-refractivity contribution is 8.00. The van der Waals surface area contributed by atoms with Crippen molar-refractivity contribution < 1.29 is 4.42 Å². The minimum absolute atomic E-state index is 0.644. The summed E-state index contributed by atoms with van der Waals surface area (Å²) >= 11 is 2.08. The van der Waals surface area contributed by atoms with E-state index >= 15 is 0 Å². The van der Waals surface area contributed by atoms with E-state index in [1.165, 1.54) is 17.9 Å². The molecule has 2 rings (SSSR count). The summed E-state index contributed by atoms with van der Waals surface area (Å²) in [6.07, 6.45) is 0. The standard InChI is InChI=1S/C14H24N2OS/c1-10-12(3)18-6-5-16(10)9-13-7-14(8-15-4)17-11(13)2/h7,10,12,15H,5-6,8-9H2,1-4H3. The maximum absolute atomic E-state index is 5.76. The molecule has 0 bridgehead atoms. The predicted molar refractivity (Wildman–Crippen MR) is 78.0 cm³/mol. The number of rotatable bonds is 4. The van der Waals surface area contributed by atoms with Gasteiger partial charge in [-0.1, -0.05) is 6.92 Å². The molecule has 102 valence electrons. The van der Waals surface area contributed by atoms with Crippen molar-refractivity contribution in [3.63, 3.8) is 0 Å². The second kappa shape index (κ2) is 6.13. The van der Waals surface area contributed by atoms with Crippen LogP contribution in [0.5, 0.6) is 0 Å². The molecule has 0 aromatic carbocycles. The van der Waals surface area contributed by atoms with Gasteiger partial charge < -0.3 is 9.73 Å². The smallest absolute Gasteiger partial charge is 0.118 e. The van der Waals surface area contributed by atoms with Crippen LogP contribution in [0.2, 0.25) is 0 Å². The number of furan rings is 1. The molecule has 4 heteroatoms. The van der Waals surface area contributed by atoms with Gasteiger partial charge in [0.2, 0.25) is 0 Å². The summed E-state index contributed by atoms with van der Waals surface area (Å²) in [5.74, 6) is 3.35. The van der Waals surface area contributed by atoms with E-state index < -0.39 is 0 Å². The molecule has 2 unspecified atom stereocenters. The van der Waals surface area contributed by atoms with Crippen LogP contribution >= 0.6 is 11.8 Å². The number of aryl methyl sites for hydroxylation is 1. The molecule has 1 aromatic rings. The van der Waals surface area contributed by atoms with Gasteiger partial charge in [0.15, 0.2) is 0 Å². The zero-order valence-corrected chi connectivity index (χ0v) is 12.6. The van der Waals surface area contributed by atoms with Crippen molar-refractivity contribution in [2.45, 2.75) is 45.2 Å². The Kier molecular flexibility index (Phi) is 4.76. The summed E-state index contributed by atoms with van der Waals surface area (Å²) in [6, 6.07) is 2.84. The van der Waals surface area contributed by atoms with E-state index in [1.807, 2.05) is 7.05 Å². The molecule has 0 radical (unpaired) electrons. The second-order valence-corrected chi connectivity index (χ2v) is 6.60. The van der Waals surface area contributed by atoms with E-state index in [0.717, 1.165) is 29.9 Å². The fourth-order valence-electron chi connectivity index (χ4n) is 2.44. The Morgan fingerprint density at radius 2 is 2.28 bits per heavy atom. The van der Waals surface area contributed by atoms with Gasteiger partial charge in [0, 0.05) is 35.7 Å². The number of thioether (sulfide) groups is 1.